The summed E-state index contributed by atoms with van der Waals surface area (Å²) < 4.78 is 17.7. The third-order valence-corrected chi connectivity index (χ3v) is 6.70. The molecule has 190 valence electrons. The zero-order valence-electron chi connectivity index (χ0n) is 19.8. The Balaban J connectivity index is 2.11. The Morgan fingerprint density at radius 3 is 2.39 bits per heavy atom. The molecule has 36 heavy (non-hydrogen) atoms. The Hall–Kier alpha value is -3.50. The van der Waals surface area contributed by atoms with Gasteiger partial charge in [0.15, 0.2) is 5.69 Å². The summed E-state index contributed by atoms with van der Waals surface area (Å²) in [5.74, 6) is -2.12. The lowest BCUT2D eigenvalue weighted by molar-refractivity contribution is -0.126. The van der Waals surface area contributed by atoms with Crippen molar-refractivity contribution >= 4 is 46.5 Å². The third-order valence-electron chi connectivity index (χ3n) is 5.48. The molecule has 5 N–H and O–H groups in total. The summed E-state index contributed by atoms with van der Waals surface area (Å²) in [4.78, 5) is 40.3. The van der Waals surface area contributed by atoms with Crippen molar-refractivity contribution in [3.63, 3.8) is 0 Å². The predicted octanol–water partition coefficient (Wildman–Crippen LogP) is 4.16. The van der Waals surface area contributed by atoms with Crippen LogP contribution in [0.15, 0.2) is 48.5 Å². The molecule has 0 saturated carbocycles. The molecule has 0 fully saturated rings. The third kappa shape index (κ3) is 6.38. The standard InChI is InChI=1S/C25H27ClFN5O3S/c1-14(2)11-12-30-24(34)21(15-7-9-17(27)10-8-15)32(13-16-5-3-4-6-18(16)26)25(35)22-19(28)20(23(29)33)31-36-22/h3-10,14,21H,11-13,28H2,1-2H3,(H2,29,33)(H,30,34)/t21-/m0/s1. The Bertz CT molecular complexity index is 1250. The van der Waals surface area contributed by atoms with E-state index < -0.39 is 29.6 Å². The fourth-order valence-electron chi connectivity index (χ4n) is 3.55. The van der Waals surface area contributed by atoms with Crippen LogP contribution in [0.25, 0.3) is 0 Å². The zero-order chi connectivity index (χ0) is 26.4. The van der Waals surface area contributed by atoms with Crippen molar-refractivity contribution in [1.29, 1.82) is 0 Å². The van der Waals surface area contributed by atoms with Crippen LogP contribution in [-0.2, 0) is 11.3 Å². The van der Waals surface area contributed by atoms with Crippen LogP contribution in [-0.4, -0.2) is 33.5 Å². The molecule has 3 amide bonds. The average Bonchev–Trinajstić information content (AvgIpc) is 3.22. The van der Waals surface area contributed by atoms with Gasteiger partial charge in [-0.2, -0.15) is 4.37 Å². The highest BCUT2D eigenvalue weighted by Crippen LogP contribution is 2.31. The fraction of sp³-hybridized carbons (Fsp3) is 0.280. The largest absolute Gasteiger partial charge is 0.395 e. The molecule has 11 heteroatoms. The summed E-state index contributed by atoms with van der Waals surface area (Å²) in [6.45, 7) is 4.37. The summed E-state index contributed by atoms with van der Waals surface area (Å²) in [7, 11) is 0. The minimum atomic E-state index is -1.15. The number of nitrogens with zero attached hydrogens (tertiary/aromatic N) is 2. The van der Waals surface area contributed by atoms with Crippen molar-refractivity contribution in [1.82, 2.24) is 14.6 Å². The molecule has 0 spiro atoms. The van der Waals surface area contributed by atoms with Gasteiger partial charge in [-0.05, 0) is 53.2 Å². The molecule has 0 radical (unpaired) electrons. The molecule has 1 heterocycles. The maximum atomic E-state index is 13.9. The molecule has 0 aliphatic rings. The first-order chi connectivity index (χ1) is 17.1. The topological polar surface area (TPSA) is 131 Å². The number of halogens is 2. The summed E-state index contributed by atoms with van der Waals surface area (Å²) in [5.41, 5.74) is 11.9. The monoisotopic (exact) mass is 531 g/mol. The maximum absolute atomic E-state index is 13.9. The van der Waals surface area contributed by atoms with Gasteiger partial charge < -0.3 is 21.7 Å². The number of hydrogen-bond acceptors (Lipinski definition) is 6. The number of amides is 3. The number of aromatic nitrogens is 1. The molecule has 1 atom stereocenters. The Labute approximate surface area is 217 Å². The molecule has 0 saturated heterocycles. The van der Waals surface area contributed by atoms with Crippen molar-refractivity contribution in [3.05, 3.63) is 81.1 Å². The highest BCUT2D eigenvalue weighted by atomic mass is 35.5. The van der Waals surface area contributed by atoms with Gasteiger partial charge >= 0.3 is 0 Å². The fourth-order valence-corrected chi connectivity index (χ4v) is 4.51. The normalized spacial score (nSPS) is 11.8. The van der Waals surface area contributed by atoms with Crippen LogP contribution in [0.4, 0.5) is 10.1 Å². The molecule has 0 bridgehead atoms. The van der Waals surface area contributed by atoms with Gasteiger partial charge in [0.25, 0.3) is 11.8 Å². The number of anilines is 1. The molecule has 0 unspecified atom stereocenters. The lowest BCUT2D eigenvalue weighted by Crippen LogP contribution is -2.43. The highest BCUT2D eigenvalue weighted by Gasteiger charge is 2.35. The molecule has 3 rings (SSSR count). The summed E-state index contributed by atoms with van der Waals surface area (Å²) in [5, 5.41) is 3.27. The van der Waals surface area contributed by atoms with Crippen LogP contribution in [0.5, 0.6) is 0 Å². The summed E-state index contributed by atoms with van der Waals surface area (Å²) >= 11 is 7.09. The van der Waals surface area contributed by atoms with E-state index in [1.807, 2.05) is 13.8 Å². The van der Waals surface area contributed by atoms with E-state index in [0.717, 1.165) is 6.42 Å². The van der Waals surface area contributed by atoms with E-state index in [9.17, 15) is 18.8 Å². The van der Waals surface area contributed by atoms with E-state index in [-0.39, 0.29) is 22.8 Å². The van der Waals surface area contributed by atoms with Crippen LogP contribution in [0, 0.1) is 11.7 Å². The average molecular weight is 532 g/mol. The van der Waals surface area contributed by atoms with Gasteiger partial charge in [-0.3, -0.25) is 14.4 Å². The van der Waals surface area contributed by atoms with Gasteiger partial charge in [-0.15, -0.1) is 0 Å². The minimum absolute atomic E-state index is 0.0436. The minimum Gasteiger partial charge on any atom is -0.395 e. The van der Waals surface area contributed by atoms with E-state index in [1.54, 1.807) is 24.3 Å². The van der Waals surface area contributed by atoms with Crippen molar-refractivity contribution in [3.8, 4) is 0 Å². The molecular weight excluding hydrogens is 505 g/mol. The Morgan fingerprint density at radius 2 is 1.81 bits per heavy atom. The molecule has 8 nitrogen and oxygen atoms in total. The van der Waals surface area contributed by atoms with Gasteiger partial charge in [0.2, 0.25) is 5.91 Å². The summed E-state index contributed by atoms with van der Waals surface area (Å²) in [6, 6.07) is 11.1. The highest BCUT2D eigenvalue weighted by molar-refractivity contribution is 7.09. The number of nitrogens with one attached hydrogen (secondary N) is 1. The van der Waals surface area contributed by atoms with Gasteiger partial charge in [-0.1, -0.05) is 55.8 Å². The van der Waals surface area contributed by atoms with Crippen LogP contribution in [0.2, 0.25) is 5.02 Å². The molecule has 3 aromatic rings. The van der Waals surface area contributed by atoms with Gasteiger partial charge in [-0.25, -0.2) is 4.39 Å². The van der Waals surface area contributed by atoms with Gasteiger partial charge in [0.05, 0.1) is 5.69 Å². The van der Waals surface area contributed by atoms with E-state index in [0.29, 0.717) is 40.1 Å². The number of rotatable bonds is 10. The van der Waals surface area contributed by atoms with E-state index in [2.05, 4.69) is 9.69 Å². The van der Waals surface area contributed by atoms with Crippen LogP contribution < -0.4 is 16.8 Å². The number of carbonyl (C=O) groups excluding carboxylic acids is 3. The van der Waals surface area contributed by atoms with Crippen LogP contribution in [0.1, 0.15) is 57.6 Å². The zero-order valence-corrected chi connectivity index (χ0v) is 21.4. The predicted molar refractivity (Wildman–Crippen MR) is 138 cm³/mol. The van der Waals surface area contributed by atoms with Crippen molar-refractivity contribution in [2.75, 3.05) is 12.3 Å². The molecule has 1 aromatic heterocycles. The number of nitrogen functional groups attached to an aromatic ring is 1. The lowest BCUT2D eigenvalue weighted by atomic mass is 10.0. The SMILES string of the molecule is CC(C)CCNC(=O)[C@H](c1ccc(F)cc1)N(Cc1ccccc1Cl)C(=O)c1snc(C(N)=O)c1N. The second-order valence-corrected chi connectivity index (χ2v) is 9.77. The van der Waals surface area contributed by atoms with Crippen molar-refractivity contribution in [2.24, 2.45) is 11.7 Å². The number of hydrogen-bond donors (Lipinski definition) is 3. The molecule has 0 aliphatic heterocycles. The smallest absolute Gasteiger partial charge is 0.270 e. The van der Waals surface area contributed by atoms with Gasteiger partial charge in [0, 0.05) is 18.1 Å². The Morgan fingerprint density at radius 1 is 1.14 bits per heavy atom. The number of primary amides is 1. The van der Waals surface area contributed by atoms with E-state index in [4.69, 9.17) is 23.1 Å². The van der Waals surface area contributed by atoms with E-state index in [1.165, 1.54) is 29.2 Å². The number of benzene rings is 2. The maximum Gasteiger partial charge on any atom is 0.270 e. The number of nitrogens with two attached hydrogens (primary N) is 2. The molecule has 0 aliphatic carbocycles. The van der Waals surface area contributed by atoms with Crippen molar-refractivity contribution in [2.45, 2.75) is 32.9 Å². The van der Waals surface area contributed by atoms with E-state index >= 15 is 0 Å². The van der Waals surface area contributed by atoms with Gasteiger partial charge in [0.1, 0.15) is 16.7 Å². The van der Waals surface area contributed by atoms with Crippen molar-refractivity contribution < 1.29 is 18.8 Å². The molecule has 2 aromatic carbocycles. The first kappa shape index (κ1) is 27.1. The lowest BCUT2D eigenvalue weighted by Gasteiger charge is -2.31. The first-order valence-corrected chi connectivity index (χ1v) is 12.4. The second-order valence-electron chi connectivity index (χ2n) is 8.59. The first-order valence-electron chi connectivity index (χ1n) is 11.2. The van der Waals surface area contributed by atoms with Crippen LogP contribution >= 0.6 is 23.1 Å². The summed E-state index contributed by atoms with van der Waals surface area (Å²) in [6.07, 6.45) is 0.726. The van der Waals surface area contributed by atoms with Crippen LogP contribution in [0.3, 0.4) is 0 Å². The Kier molecular flexibility index (Phi) is 9.00. The molecular formula is C25H27ClFN5O3S. The quantitative estimate of drug-likeness (QED) is 0.361. The second kappa shape index (κ2) is 12.0. The number of carbonyl (C=O) groups is 3.